The summed E-state index contributed by atoms with van der Waals surface area (Å²) >= 11 is 5.52. The van der Waals surface area contributed by atoms with Gasteiger partial charge in [0, 0.05) is 4.86 Å². The van der Waals surface area contributed by atoms with Gasteiger partial charge in [-0.25, -0.2) is 0 Å². The molecule has 0 spiro atoms. The molecule has 0 nitrogen and oxygen atoms in total. The van der Waals surface area contributed by atoms with Crippen molar-refractivity contribution in [1.82, 2.24) is 0 Å². The van der Waals surface area contributed by atoms with Crippen molar-refractivity contribution in [1.29, 1.82) is 0 Å². The topological polar surface area (TPSA) is 0 Å². The van der Waals surface area contributed by atoms with Crippen molar-refractivity contribution in [3.63, 3.8) is 0 Å². The first-order valence-corrected chi connectivity index (χ1v) is 8.04. The first-order chi connectivity index (χ1) is 10.2. The highest BCUT2D eigenvalue weighted by molar-refractivity contribution is 7.81. The third kappa shape index (κ3) is 4.37. The van der Waals surface area contributed by atoms with Crippen molar-refractivity contribution in [2.24, 2.45) is 0 Å². The second kappa shape index (κ2) is 7.90. The van der Waals surface area contributed by atoms with Crippen molar-refractivity contribution in [3.05, 3.63) is 76.9 Å². The fraction of sp³-hybridized carbons (Fsp3) is 0.250. The maximum atomic E-state index is 5.52. The number of benzene rings is 2. The second-order valence-electron chi connectivity index (χ2n) is 5.20. The van der Waals surface area contributed by atoms with Crippen LogP contribution in [0.2, 0.25) is 0 Å². The highest BCUT2D eigenvalue weighted by Gasteiger charge is 2.00. The molecular formula is C20H22S. The van der Waals surface area contributed by atoms with E-state index in [0.29, 0.717) is 0 Å². The summed E-state index contributed by atoms with van der Waals surface area (Å²) in [5.41, 5.74) is 5.12. The minimum atomic E-state index is 0.893. The minimum Gasteiger partial charge on any atom is -0.0795 e. The van der Waals surface area contributed by atoms with Crippen molar-refractivity contribution in [2.75, 3.05) is 0 Å². The average molecular weight is 294 g/mol. The monoisotopic (exact) mass is 294 g/mol. The molecule has 108 valence electrons. The Bertz CT molecular complexity index is 621. The average Bonchev–Trinajstić information content (AvgIpc) is 2.54. The molecule has 0 atom stereocenters. The first-order valence-electron chi connectivity index (χ1n) is 7.63. The molecule has 0 bridgehead atoms. The zero-order chi connectivity index (χ0) is 15.1. The molecule has 0 aliphatic heterocycles. The van der Waals surface area contributed by atoms with Gasteiger partial charge in [0.05, 0.1) is 0 Å². The molecule has 0 N–H and O–H groups in total. The van der Waals surface area contributed by atoms with Gasteiger partial charge in [-0.15, -0.1) is 0 Å². The summed E-state index contributed by atoms with van der Waals surface area (Å²) in [7, 11) is 0. The van der Waals surface area contributed by atoms with E-state index >= 15 is 0 Å². The molecular weight excluding hydrogens is 272 g/mol. The molecule has 0 aromatic heterocycles. The van der Waals surface area contributed by atoms with E-state index in [1.54, 1.807) is 0 Å². The lowest BCUT2D eigenvalue weighted by Crippen LogP contribution is -1.94. The van der Waals surface area contributed by atoms with Crippen LogP contribution < -0.4 is 0 Å². The Balaban J connectivity index is 2.14. The van der Waals surface area contributed by atoms with Crippen LogP contribution in [0.1, 0.15) is 42.5 Å². The Labute approximate surface area is 133 Å². The van der Waals surface area contributed by atoms with E-state index in [1.807, 2.05) is 6.08 Å². The van der Waals surface area contributed by atoms with Gasteiger partial charge < -0.3 is 0 Å². The van der Waals surface area contributed by atoms with Crippen LogP contribution in [-0.4, -0.2) is 4.86 Å². The number of aryl methyl sites for hydroxylation is 2. The lowest BCUT2D eigenvalue weighted by molar-refractivity contribution is 0.919. The summed E-state index contributed by atoms with van der Waals surface area (Å²) in [5, 5.41) is 0. The highest BCUT2D eigenvalue weighted by Crippen LogP contribution is 2.14. The number of allylic oxidation sites excluding steroid dienone is 1. The SMILES string of the molecule is CCCc1ccccc1C=CC(=S)c1ccc(CC)cc1. The van der Waals surface area contributed by atoms with E-state index in [1.165, 1.54) is 16.7 Å². The van der Waals surface area contributed by atoms with E-state index in [0.717, 1.165) is 29.7 Å². The quantitative estimate of drug-likeness (QED) is 0.378. The van der Waals surface area contributed by atoms with Gasteiger partial charge in [-0.05, 0) is 41.2 Å². The summed E-state index contributed by atoms with van der Waals surface area (Å²) in [5.74, 6) is 0. The molecule has 0 aliphatic rings. The molecule has 2 aromatic carbocycles. The normalized spacial score (nSPS) is 11.0. The fourth-order valence-electron chi connectivity index (χ4n) is 2.36. The maximum absolute atomic E-state index is 5.52. The van der Waals surface area contributed by atoms with Crippen molar-refractivity contribution < 1.29 is 0 Å². The number of hydrogen-bond donors (Lipinski definition) is 0. The summed E-state index contributed by atoms with van der Waals surface area (Å²) in [6.07, 6.45) is 7.52. The maximum Gasteiger partial charge on any atom is 0.0449 e. The summed E-state index contributed by atoms with van der Waals surface area (Å²) in [6.45, 7) is 4.37. The molecule has 1 heteroatoms. The zero-order valence-corrected chi connectivity index (χ0v) is 13.6. The summed E-state index contributed by atoms with van der Waals surface area (Å²) in [6, 6.07) is 17.1. The molecule has 21 heavy (non-hydrogen) atoms. The van der Waals surface area contributed by atoms with Crippen LogP contribution in [0.5, 0.6) is 0 Å². The standard InChI is InChI=1S/C20H22S/c1-3-7-17-8-5-6-9-18(17)14-15-20(21)19-12-10-16(4-2)11-13-19/h5-6,8-15H,3-4,7H2,1-2H3. The first kappa shape index (κ1) is 15.7. The Morgan fingerprint density at radius 1 is 1.00 bits per heavy atom. The molecule has 0 aliphatic carbocycles. The molecule has 2 aromatic rings. The van der Waals surface area contributed by atoms with Gasteiger partial charge in [0.1, 0.15) is 0 Å². The third-order valence-electron chi connectivity index (χ3n) is 3.64. The number of hydrogen-bond acceptors (Lipinski definition) is 1. The molecule has 0 radical (unpaired) electrons. The van der Waals surface area contributed by atoms with Crippen molar-refractivity contribution in [3.8, 4) is 0 Å². The van der Waals surface area contributed by atoms with Gasteiger partial charge >= 0.3 is 0 Å². The van der Waals surface area contributed by atoms with Gasteiger partial charge in [-0.3, -0.25) is 0 Å². The summed E-state index contributed by atoms with van der Waals surface area (Å²) in [4.78, 5) is 0.893. The molecule has 0 saturated carbocycles. The minimum absolute atomic E-state index is 0.893. The lowest BCUT2D eigenvalue weighted by atomic mass is 10.0. The van der Waals surface area contributed by atoms with Gasteiger partial charge in [-0.2, -0.15) is 0 Å². The van der Waals surface area contributed by atoms with E-state index in [4.69, 9.17) is 12.2 Å². The van der Waals surface area contributed by atoms with Crippen LogP contribution in [-0.2, 0) is 12.8 Å². The van der Waals surface area contributed by atoms with E-state index < -0.39 is 0 Å². The Morgan fingerprint density at radius 3 is 2.38 bits per heavy atom. The third-order valence-corrected chi connectivity index (χ3v) is 4.01. The van der Waals surface area contributed by atoms with Crippen molar-refractivity contribution in [2.45, 2.75) is 33.1 Å². The molecule has 0 saturated heterocycles. The largest absolute Gasteiger partial charge is 0.0795 e. The Kier molecular flexibility index (Phi) is 5.89. The predicted molar refractivity (Wildman–Crippen MR) is 97.0 cm³/mol. The lowest BCUT2D eigenvalue weighted by Gasteiger charge is -2.04. The molecule has 0 fully saturated rings. The predicted octanol–water partition coefficient (Wildman–Crippen LogP) is 5.63. The van der Waals surface area contributed by atoms with Crippen LogP contribution in [0.25, 0.3) is 6.08 Å². The van der Waals surface area contributed by atoms with Crippen LogP contribution in [0.4, 0.5) is 0 Å². The van der Waals surface area contributed by atoms with Crippen LogP contribution in [0.15, 0.2) is 54.6 Å². The molecule has 0 heterocycles. The Morgan fingerprint density at radius 2 is 1.71 bits per heavy atom. The van der Waals surface area contributed by atoms with Crippen LogP contribution in [0.3, 0.4) is 0 Å². The number of thiocarbonyl (C=S) groups is 1. The molecule has 0 amide bonds. The highest BCUT2D eigenvalue weighted by atomic mass is 32.1. The van der Waals surface area contributed by atoms with Gasteiger partial charge in [0.15, 0.2) is 0 Å². The summed E-state index contributed by atoms with van der Waals surface area (Å²) < 4.78 is 0. The van der Waals surface area contributed by atoms with E-state index in [-0.39, 0.29) is 0 Å². The fourth-order valence-corrected chi connectivity index (χ4v) is 2.56. The van der Waals surface area contributed by atoms with Gasteiger partial charge in [0.25, 0.3) is 0 Å². The molecule has 0 unspecified atom stereocenters. The van der Waals surface area contributed by atoms with E-state index in [9.17, 15) is 0 Å². The Hall–Kier alpha value is -1.73. The molecule has 2 rings (SSSR count). The van der Waals surface area contributed by atoms with Crippen LogP contribution >= 0.6 is 12.2 Å². The van der Waals surface area contributed by atoms with Gasteiger partial charge in [-0.1, -0.05) is 87.1 Å². The second-order valence-corrected chi connectivity index (χ2v) is 5.64. The van der Waals surface area contributed by atoms with Crippen molar-refractivity contribution >= 4 is 23.2 Å². The van der Waals surface area contributed by atoms with Gasteiger partial charge in [0.2, 0.25) is 0 Å². The zero-order valence-electron chi connectivity index (χ0n) is 12.8. The van der Waals surface area contributed by atoms with Crippen LogP contribution in [0, 0.1) is 0 Å². The smallest absolute Gasteiger partial charge is 0.0449 e. The van der Waals surface area contributed by atoms with E-state index in [2.05, 4.69) is 68.5 Å². The number of rotatable bonds is 6.